The fourth-order valence-electron chi connectivity index (χ4n) is 5.76. The molecule has 0 aliphatic carbocycles. The predicted molar refractivity (Wildman–Crippen MR) is 279 cm³/mol. The summed E-state index contributed by atoms with van der Waals surface area (Å²) in [5.74, 6) is 0.875. The van der Waals surface area contributed by atoms with Crippen molar-refractivity contribution in [3.63, 3.8) is 0 Å². The maximum absolute atomic E-state index is 12.1. The summed E-state index contributed by atoms with van der Waals surface area (Å²) in [4.78, 5) is 12.1. The van der Waals surface area contributed by atoms with Gasteiger partial charge in [-0.2, -0.15) is 0 Å². The van der Waals surface area contributed by atoms with E-state index >= 15 is 0 Å². The van der Waals surface area contributed by atoms with Crippen LogP contribution in [-0.2, 0) is 101 Å². The lowest BCUT2D eigenvalue weighted by molar-refractivity contribution is -0.122. The molecule has 26 heteroatoms. The molecule has 0 radical (unpaired) electrons. The van der Waals surface area contributed by atoms with Crippen molar-refractivity contribution in [3.05, 3.63) is 35.7 Å². The molecule has 1 amide bonds. The van der Waals surface area contributed by atoms with Crippen LogP contribution in [0.3, 0.4) is 0 Å². The summed E-state index contributed by atoms with van der Waals surface area (Å²) in [6.07, 6.45) is 0.263. The van der Waals surface area contributed by atoms with Crippen LogP contribution in [0, 0.1) is 6.92 Å². The Labute approximate surface area is 455 Å². The molecule has 1 heterocycles. The Morgan fingerprint density at radius 1 is 0.338 bits per heavy atom. The van der Waals surface area contributed by atoms with E-state index in [1.807, 2.05) is 24.3 Å². The number of benzene rings is 1. The Hall–Kier alpha value is -3.17. The molecule has 446 valence electrons. The van der Waals surface area contributed by atoms with Crippen LogP contribution in [-0.4, -0.2) is 284 Å². The Morgan fingerprint density at radius 2 is 0.558 bits per heavy atom. The molecule has 0 aliphatic rings. The molecule has 26 nitrogen and oxygen atoms in total. The van der Waals surface area contributed by atoms with Gasteiger partial charge in [-0.3, -0.25) is 4.79 Å². The van der Waals surface area contributed by atoms with Gasteiger partial charge in [0, 0.05) is 25.1 Å². The van der Waals surface area contributed by atoms with Gasteiger partial charge < -0.3 is 101 Å². The fraction of sp³-hybridized carbons (Fsp3) is 0.824. The summed E-state index contributed by atoms with van der Waals surface area (Å²) in [7, 11) is 0. The fourth-order valence-corrected chi connectivity index (χ4v) is 5.76. The average molecular weight is 1110 g/mol. The van der Waals surface area contributed by atoms with Crippen molar-refractivity contribution in [2.24, 2.45) is 5.73 Å². The van der Waals surface area contributed by atoms with Crippen LogP contribution in [0.15, 0.2) is 24.3 Å². The minimum absolute atomic E-state index is 0.0917. The molecule has 0 aliphatic heterocycles. The zero-order valence-electron chi connectivity index (χ0n) is 45.8. The lowest BCUT2D eigenvalue weighted by Gasteiger charge is -2.09. The Bertz CT molecular complexity index is 1520. The number of nitrogens with two attached hydrogens (primary N) is 1. The van der Waals surface area contributed by atoms with Crippen molar-refractivity contribution in [1.29, 1.82) is 0 Å². The first-order valence-corrected chi connectivity index (χ1v) is 26.8. The molecule has 0 fully saturated rings. The number of aromatic nitrogens is 4. The molecule has 0 saturated carbocycles. The van der Waals surface area contributed by atoms with Crippen LogP contribution in [0.25, 0.3) is 11.4 Å². The van der Waals surface area contributed by atoms with Crippen molar-refractivity contribution in [3.8, 4) is 11.4 Å². The molecule has 77 heavy (non-hydrogen) atoms. The Morgan fingerprint density at radius 3 is 0.792 bits per heavy atom. The van der Waals surface area contributed by atoms with E-state index < -0.39 is 0 Å². The van der Waals surface area contributed by atoms with E-state index in [1.54, 1.807) is 6.92 Å². The number of carbonyl (C=O) groups is 1. The van der Waals surface area contributed by atoms with Crippen molar-refractivity contribution >= 4 is 5.91 Å². The highest BCUT2D eigenvalue weighted by Crippen LogP contribution is 2.14. The monoisotopic (exact) mass is 1110 g/mol. The number of aryl methyl sites for hydroxylation is 1. The molecule has 2 aromatic rings. The number of ether oxygens (including phenoxy) is 19. The maximum Gasteiger partial charge on any atom is 0.222 e. The van der Waals surface area contributed by atoms with Crippen LogP contribution >= 0.6 is 0 Å². The van der Waals surface area contributed by atoms with E-state index in [4.69, 9.17) is 95.7 Å². The molecule has 1 aromatic heterocycles. The van der Waals surface area contributed by atoms with Crippen molar-refractivity contribution in [2.45, 2.75) is 19.9 Å². The van der Waals surface area contributed by atoms with E-state index in [9.17, 15) is 4.79 Å². The molecule has 3 N–H and O–H groups in total. The molecule has 0 atom stereocenters. The second kappa shape index (κ2) is 57.5. The number of carbonyl (C=O) groups excluding carboxylic acids is 1. The van der Waals surface area contributed by atoms with Gasteiger partial charge in [0.15, 0.2) is 5.82 Å². The Balaban J connectivity index is 1.12. The van der Waals surface area contributed by atoms with Gasteiger partial charge in [0.25, 0.3) is 0 Å². The van der Waals surface area contributed by atoms with E-state index in [0.29, 0.717) is 276 Å². The van der Waals surface area contributed by atoms with Gasteiger partial charge in [-0.05, 0) is 12.5 Å². The summed E-state index contributed by atoms with van der Waals surface area (Å²) in [5, 5.41) is 18.8. The van der Waals surface area contributed by atoms with Crippen LogP contribution in [0.2, 0.25) is 0 Å². The smallest absolute Gasteiger partial charge is 0.222 e. The first kappa shape index (κ1) is 69.9. The summed E-state index contributed by atoms with van der Waals surface area (Å²) in [6, 6.07) is 7.55. The number of amides is 1. The van der Waals surface area contributed by atoms with E-state index in [-0.39, 0.29) is 12.3 Å². The van der Waals surface area contributed by atoms with Gasteiger partial charge in [-0.25, -0.2) is 0 Å². The van der Waals surface area contributed by atoms with E-state index in [2.05, 4.69) is 25.7 Å². The second-order valence-electron chi connectivity index (χ2n) is 15.9. The lowest BCUT2D eigenvalue weighted by atomic mass is 10.1. The quantitative estimate of drug-likeness (QED) is 0.0854. The van der Waals surface area contributed by atoms with E-state index in [0.717, 1.165) is 11.1 Å². The summed E-state index contributed by atoms with van der Waals surface area (Å²) in [5.41, 5.74) is 7.11. The standard InChI is InChI=1S/C51H92N6O20/c1-47-54-56-51(57-55-47)49-4-2-48(3-5-49)46-53-50(58)6-8-59-10-12-61-14-16-63-18-20-65-22-24-67-26-28-69-30-32-71-34-36-73-38-40-75-42-44-77-45-43-76-41-39-74-37-35-72-33-31-70-29-27-68-25-23-66-21-19-64-17-15-62-13-11-60-9-7-52/h2-5H,6-46,52H2,1H3,(H,53,58). The minimum Gasteiger partial charge on any atom is -0.379 e. The molecule has 0 saturated heterocycles. The number of rotatable bonds is 62. The van der Waals surface area contributed by atoms with Gasteiger partial charge in [0.05, 0.1) is 251 Å². The average Bonchev–Trinajstić information content (AvgIpc) is 3.44. The summed E-state index contributed by atoms with van der Waals surface area (Å²) in [6.45, 7) is 20.9. The lowest BCUT2D eigenvalue weighted by Crippen LogP contribution is -2.24. The third-order valence-corrected chi connectivity index (χ3v) is 9.71. The Kier molecular flexibility index (Phi) is 52.2. The predicted octanol–water partition coefficient (Wildman–Crippen LogP) is 0.522. The summed E-state index contributed by atoms with van der Waals surface area (Å²) < 4.78 is 104. The summed E-state index contributed by atoms with van der Waals surface area (Å²) >= 11 is 0. The number of nitrogens with one attached hydrogen (secondary N) is 1. The number of nitrogens with zero attached hydrogens (tertiary/aromatic N) is 4. The number of hydrogen-bond acceptors (Lipinski definition) is 25. The second-order valence-corrected chi connectivity index (χ2v) is 15.9. The molecular formula is C51H92N6O20. The largest absolute Gasteiger partial charge is 0.379 e. The molecular weight excluding hydrogens is 1020 g/mol. The van der Waals surface area contributed by atoms with E-state index in [1.165, 1.54) is 0 Å². The van der Waals surface area contributed by atoms with Gasteiger partial charge in [-0.15, -0.1) is 20.4 Å². The van der Waals surface area contributed by atoms with Crippen LogP contribution in [0.4, 0.5) is 0 Å². The van der Waals surface area contributed by atoms with Crippen molar-refractivity contribution in [1.82, 2.24) is 25.7 Å². The first-order chi connectivity index (χ1) is 38.2. The molecule has 0 spiro atoms. The highest BCUT2D eigenvalue weighted by Gasteiger charge is 2.06. The van der Waals surface area contributed by atoms with Gasteiger partial charge in [0.2, 0.25) is 11.7 Å². The highest BCUT2D eigenvalue weighted by atomic mass is 16.6. The van der Waals surface area contributed by atoms with Crippen LogP contribution in [0.1, 0.15) is 17.8 Å². The normalized spacial score (nSPS) is 11.6. The topological polar surface area (TPSA) is 282 Å². The minimum atomic E-state index is -0.0917. The third kappa shape index (κ3) is 49.6. The molecule has 0 unspecified atom stereocenters. The zero-order chi connectivity index (χ0) is 54.7. The molecule has 1 aromatic carbocycles. The molecule has 0 bridgehead atoms. The van der Waals surface area contributed by atoms with Crippen molar-refractivity contribution < 1.29 is 94.8 Å². The highest BCUT2D eigenvalue weighted by molar-refractivity contribution is 5.76. The third-order valence-electron chi connectivity index (χ3n) is 9.71. The van der Waals surface area contributed by atoms with Gasteiger partial charge in [0.1, 0.15) is 0 Å². The zero-order valence-corrected chi connectivity index (χ0v) is 45.8. The SMILES string of the molecule is Cc1nnc(-c2ccc(CNC(=O)CCOCCOCCOCCOCCOCCOCCOCCOCCOCCOCCOCCOCCOCCOCCOCCOCCOCCOCCOCCN)cc2)nn1. The van der Waals surface area contributed by atoms with Crippen LogP contribution in [0.5, 0.6) is 0 Å². The first-order valence-electron chi connectivity index (χ1n) is 26.8. The van der Waals surface area contributed by atoms with Crippen LogP contribution < -0.4 is 11.1 Å². The number of hydrogen-bond donors (Lipinski definition) is 2. The molecule has 2 rings (SSSR count). The van der Waals surface area contributed by atoms with Gasteiger partial charge in [-0.1, -0.05) is 24.3 Å². The van der Waals surface area contributed by atoms with Crippen molar-refractivity contribution in [2.75, 3.05) is 258 Å². The van der Waals surface area contributed by atoms with Gasteiger partial charge >= 0.3 is 0 Å². The maximum atomic E-state index is 12.1.